The molecule has 1 N–H and O–H groups in total. The lowest BCUT2D eigenvalue weighted by atomic mass is 9.88. The summed E-state index contributed by atoms with van der Waals surface area (Å²) in [5.74, 6) is 0. The van der Waals surface area contributed by atoms with Crippen molar-refractivity contribution in [3.8, 4) is 0 Å². The van der Waals surface area contributed by atoms with Gasteiger partial charge in [0.1, 0.15) is 0 Å². The van der Waals surface area contributed by atoms with Crippen LogP contribution in [0.4, 0.5) is 0 Å². The molecule has 0 aromatic heterocycles. The number of hydrogen-bond donors (Lipinski definition) is 1. The van der Waals surface area contributed by atoms with Crippen molar-refractivity contribution >= 4 is 10.8 Å². The molecule has 2 aromatic carbocycles. The van der Waals surface area contributed by atoms with E-state index in [2.05, 4.69) is 75.5 Å². The van der Waals surface area contributed by atoms with Gasteiger partial charge in [-0.3, -0.25) is 0 Å². The third-order valence-electron chi connectivity index (χ3n) is 3.73. The maximum Gasteiger partial charge on any atom is 0.0208 e. The van der Waals surface area contributed by atoms with Crippen LogP contribution in [-0.2, 0) is 6.54 Å². The lowest BCUT2D eigenvalue weighted by Crippen LogP contribution is -2.37. The van der Waals surface area contributed by atoms with E-state index in [1.54, 1.807) is 0 Å². The molecule has 0 aliphatic rings. The van der Waals surface area contributed by atoms with Crippen LogP contribution in [0, 0.1) is 5.41 Å². The molecule has 96 valence electrons. The van der Waals surface area contributed by atoms with E-state index in [4.69, 9.17) is 0 Å². The Morgan fingerprint density at radius 2 is 1.67 bits per heavy atom. The molecule has 18 heavy (non-hydrogen) atoms. The third-order valence-corrected chi connectivity index (χ3v) is 3.73. The minimum Gasteiger partial charge on any atom is -0.310 e. The highest BCUT2D eigenvalue weighted by molar-refractivity contribution is 5.82. The first-order valence-corrected chi connectivity index (χ1v) is 6.68. The largest absolute Gasteiger partial charge is 0.310 e. The number of fused-ring (bicyclic) bond motifs is 1. The summed E-state index contributed by atoms with van der Waals surface area (Å²) >= 11 is 0. The molecule has 1 atom stereocenters. The summed E-state index contributed by atoms with van der Waals surface area (Å²) < 4.78 is 0. The number of benzene rings is 2. The lowest BCUT2D eigenvalue weighted by Gasteiger charge is -2.28. The van der Waals surface area contributed by atoms with Gasteiger partial charge in [-0.15, -0.1) is 0 Å². The van der Waals surface area contributed by atoms with Crippen molar-refractivity contribution in [1.82, 2.24) is 5.32 Å². The van der Waals surface area contributed by atoms with E-state index < -0.39 is 0 Å². The molecular formula is C17H23N. The smallest absolute Gasteiger partial charge is 0.0208 e. The van der Waals surface area contributed by atoms with Crippen LogP contribution in [0.25, 0.3) is 10.8 Å². The fourth-order valence-corrected chi connectivity index (χ4v) is 1.93. The Kier molecular flexibility index (Phi) is 3.72. The summed E-state index contributed by atoms with van der Waals surface area (Å²) in [6, 6.07) is 15.7. The van der Waals surface area contributed by atoms with Crippen molar-refractivity contribution in [3.63, 3.8) is 0 Å². The molecule has 0 radical (unpaired) electrons. The molecule has 0 heterocycles. The van der Waals surface area contributed by atoms with Gasteiger partial charge in [0.15, 0.2) is 0 Å². The van der Waals surface area contributed by atoms with Crippen LogP contribution >= 0.6 is 0 Å². The summed E-state index contributed by atoms with van der Waals surface area (Å²) in [6.07, 6.45) is 0. The number of nitrogens with one attached hydrogen (secondary N) is 1. The maximum absolute atomic E-state index is 3.60. The second-order valence-corrected chi connectivity index (χ2v) is 6.15. The van der Waals surface area contributed by atoms with Gasteiger partial charge in [-0.25, -0.2) is 0 Å². The molecule has 0 bridgehead atoms. The molecule has 0 aliphatic heterocycles. The van der Waals surface area contributed by atoms with Gasteiger partial charge < -0.3 is 5.32 Å². The predicted molar refractivity (Wildman–Crippen MR) is 79.7 cm³/mol. The summed E-state index contributed by atoms with van der Waals surface area (Å²) in [5, 5.41) is 6.23. The second-order valence-electron chi connectivity index (χ2n) is 6.15. The molecule has 0 saturated heterocycles. The first-order valence-electron chi connectivity index (χ1n) is 6.68. The summed E-state index contributed by atoms with van der Waals surface area (Å²) in [5.41, 5.74) is 1.65. The minimum atomic E-state index is 0.302. The van der Waals surface area contributed by atoms with Gasteiger partial charge in [0.25, 0.3) is 0 Å². The van der Waals surface area contributed by atoms with E-state index >= 15 is 0 Å². The van der Waals surface area contributed by atoms with Gasteiger partial charge >= 0.3 is 0 Å². The SMILES string of the molecule is CC(NCc1ccc2ccccc2c1)C(C)(C)C. The molecule has 0 saturated carbocycles. The quantitative estimate of drug-likeness (QED) is 0.841. The molecular weight excluding hydrogens is 218 g/mol. The molecule has 1 heteroatoms. The van der Waals surface area contributed by atoms with Crippen molar-refractivity contribution in [1.29, 1.82) is 0 Å². The molecule has 0 spiro atoms. The average molecular weight is 241 g/mol. The molecule has 0 fully saturated rings. The summed E-state index contributed by atoms with van der Waals surface area (Å²) in [6.45, 7) is 9.99. The molecule has 1 nitrogen and oxygen atoms in total. The van der Waals surface area contributed by atoms with Crippen molar-refractivity contribution < 1.29 is 0 Å². The number of hydrogen-bond acceptors (Lipinski definition) is 1. The zero-order valence-corrected chi connectivity index (χ0v) is 11.8. The van der Waals surface area contributed by atoms with Crippen LogP contribution in [0.5, 0.6) is 0 Å². The van der Waals surface area contributed by atoms with E-state index in [1.807, 2.05) is 0 Å². The molecule has 0 aliphatic carbocycles. The first kappa shape index (κ1) is 13.1. The Morgan fingerprint density at radius 1 is 1.00 bits per heavy atom. The van der Waals surface area contributed by atoms with E-state index in [0.29, 0.717) is 11.5 Å². The highest BCUT2D eigenvalue weighted by Crippen LogP contribution is 2.20. The van der Waals surface area contributed by atoms with Gasteiger partial charge in [-0.2, -0.15) is 0 Å². The third kappa shape index (κ3) is 3.11. The minimum absolute atomic E-state index is 0.302. The van der Waals surface area contributed by atoms with Crippen LogP contribution in [0.2, 0.25) is 0 Å². The van der Waals surface area contributed by atoms with Crippen LogP contribution in [0.1, 0.15) is 33.3 Å². The number of rotatable bonds is 3. The highest BCUT2D eigenvalue weighted by Gasteiger charge is 2.18. The van der Waals surface area contributed by atoms with Gasteiger partial charge in [-0.05, 0) is 34.7 Å². The van der Waals surface area contributed by atoms with Crippen LogP contribution in [0.3, 0.4) is 0 Å². The molecule has 0 amide bonds. The molecule has 2 rings (SSSR count). The van der Waals surface area contributed by atoms with Crippen molar-refractivity contribution in [2.75, 3.05) is 0 Å². The van der Waals surface area contributed by atoms with E-state index in [-0.39, 0.29) is 0 Å². The van der Waals surface area contributed by atoms with E-state index in [1.165, 1.54) is 16.3 Å². The summed E-state index contributed by atoms with van der Waals surface area (Å²) in [4.78, 5) is 0. The summed E-state index contributed by atoms with van der Waals surface area (Å²) in [7, 11) is 0. The average Bonchev–Trinajstić information content (AvgIpc) is 2.34. The fraction of sp³-hybridized carbons (Fsp3) is 0.412. The van der Waals surface area contributed by atoms with Crippen LogP contribution in [-0.4, -0.2) is 6.04 Å². The van der Waals surface area contributed by atoms with E-state index in [9.17, 15) is 0 Å². The van der Waals surface area contributed by atoms with E-state index in [0.717, 1.165) is 6.54 Å². The van der Waals surface area contributed by atoms with Gasteiger partial charge in [0.2, 0.25) is 0 Å². The normalized spacial score (nSPS) is 13.8. The first-order chi connectivity index (χ1) is 8.47. The fourth-order valence-electron chi connectivity index (χ4n) is 1.93. The Morgan fingerprint density at radius 3 is 2.33 bits per heavy atom. The van der Waals surface area contributed by atoms with Gasteiger partial charge in [-0.1, -0.05) is 57.2 Å². The topological polar surface area (TPSA) is 12.0 Å². The highest BCUT2D eigenvalue weighted by atomic mass is 14.9. The van der Waals surface area contributed by atoms with Gasteiger partial charge in [0.05, 0.1) is 0 Å². The Bertz CT molecular complexity index is 522. The Hall–Kier alpha value is -1.34. The zero-order chi connectivity index (χ0) is 13.2. The Balaban J connectivity index is 2.08. The molecule has 2 aromatic rings. The van der Waals surface area contributed by atoms with Crippen LogP contribution in [0.15, 0.2) is 42.5 Å². The van der Waals surface area contributed by atoms with Crippen molar-refractivity contribution in [3.05, 3.63) is 48.0 Å². The predicted octanol–water partition coefficient (Wildman–Crippen LogP) is 4.36. The monoisotopic (exact) mass is 241 g/mol. The van der Waals surface area contributed by atoms with Crippen molar-refractivity contribution in [2.45, 2.75) is 40.3 Å². The zero-order valence-electron chi connectivity index (χ0n) is 11.8. The molecule has 1 unspecified atom stereocenters. The standard InChI is InChI=1S/C17H23N/c1-13(17(2,3)4)18-12-14-9-10-15-7-5-6-8-16(15)11-14/h5-11,13,18H,12H2,1-4H3. The second kappa shape index (κ2) is 5.11. The Labute approximate surface area is 110 Å². The lowest BCUT2D eigenvalue weighted by molar-refractivity contribution is 0.285. The maximum atomic E-state index is 3.60. The van der Waals surface area contributed by atoms with Crippen LogP contribution < -0.4 is 5.32 Å². The van der Waals surface area contributed by atoms with Crippen molar-refractivity contribution in [2.24, 2.45) is 5.41 Å². The van der Waals surface area contributed by atoms with Gasteiger partial charge in [0, 0.05) is 12.6 Å².